The molecule has 172 valence electrons. The Labute approximate surface area is 203 Å². The molecule has 4 aromatic rings. The molecule has 8 heteroatoms. The van der Waals surface area contributed by atoms with Crippen molar-refractivity contribution in [3.8, 4) is 11.1 Å². The molecule has 0 saturated carbocycles. The number of amides is 1. The fraction of sp³-hybridized carbons (Fsp3) is 0.115. The number of carbonyl (C=O) groups is 1. The van der Waals surface area contributed by atoms with Gasteiger partial charge in [-0.1, -0.05) is 66.2 Å². The molecule has 0 bridgehead atoms. The molecule has 4 rings (SSSR count). The minimum atomic E-state index is 0.0891. The molecular weight excluding hydrogens is 450 g/mol. The van der Waals surface area contributed by atoms with Crippen molar-refractivity contribution in [3.63, 3.8) is 0 Å². The first kappa shape index (κ1) is 23.2. The highest BCUT2D eigenvalue weighted by Crippen LogP contribution is 2.31. The highest BCUT2D eigenvalue weighted by atomic mass is 35.5. The molecule has 1 heterocycles. The van der Waals surface area contributed by atoms with E-state index >= 15 is 0 Å². The summed E-state index contributed by atoms with van der Waals surface area (Å²) in [5.74, 6) is 0.359. The van der Waals surface area contributed by atoms with Crippen LogP contribution in [0.25, 0.3) is 11.1 Å². The summed E-state index contributed by atoms with van der Waals surface area (Å²) >= 11 is 5.95. The van der Waals surface area contributed by atoms with Crippen molar-refractivity contribution in [3.05, 3.63) is 101 Å². The first-order chi connectivity index (χ1) is 16.5. The summed E-state index contributed by atoms with van der Waals surface area (Å²) in [6.45, 7) is 1.08. The molecule has 0 spiro atoms. The highest BCUT2D eigenvalue weighted by Gasteiger charge is 2.15. The standard InChI is InChI=1S/C26H24ClN5O2/c27-21-10-6-18(7-11-21)14-32(17-33)22-12-8-20(9-13-22)24-23(30-26(29)31-25(24)28)16-34-15-19-4-2-1-3-5-19/h1-13,17H,14-16H2,(H4,28,29,30,31). The Morgan fingerprint density at radius 2 is 1.56 bits per heavy atom. The van der Waals surface area contributed by atoms with Gasteiger partial charge in [0.15, 0.2) is 0 Å². The molecule has 0 atom stereocenters. The van der Waals surface area contributed by atoms with Crippen LogP contribution in [0.1, 0.15) is 16.8 Å². The number of nitrogens with zero attached hydrogens (tertiary/aromatic N) is 3. The van der Waals surface area contributed by atoms with Gasteiger partial charge in [0, 0.05) is 16.3 Å². The number of aromatic nitrogens is 2. The Morgan fingerprint density at radius 3 is 2.24 bits per heavy atom. The lowest BCUT2D eigenvalue weighted by molar-refractivity contribution is -0.107. The maximum Gasteiger partial charge on any atom is 0.222 e. The van der Waals surface area contributed by atoms with Crippen LogP contribution >= 0.6 is 11.6 Å². The fourth-order valence-corrected chi connectivity index (χ4v) is 3.73. The number of halogens is 1. The van der Waals surface area contributed by atoms with Crippen LogP contribution in [0.15, 0.2) is 78.9 Å². The summed E-state index contributed by atoms with van der Waals surface area (Å²) in [4.78, 5) is 21.8. The molecule has 1 amide bonds. The number of nitrogen functional groups attached to an aromatic ring is 2. The van der Waals surface area contributed by atoms with Gasteiger partial charge in [-0.15, -0.1) is 0 Å². The Bertz CT molecular complexity index is 1250. The smallest absolute Gasteiger partial charge is 0.222 e. The largest absolute Gasteiger partial charge is 0.383 e. The zero-order chi connectivity index (χ0) is 23.9. The SMILES string of the molecule is Nc1nc(N)c(-c2ccc(N(C=O)Cc3ccc(Cl)cc3)cc2)c(COCc2ccccc2)n1. The third-order valence-electron chi connectivity index (χ3n) is 5.26. The van der Waals surface area contributed by atoms with Crippen molar-refractivity contribution in [1.29, 1.82) is 0 Å². The van der Waals surface area contributed by atoms with Crippen LogP contribution in [0.4, 0.5) is 17.5 Å². The lowest BCUT2D eigenvalue weighted by atomic mass is 10.0. The summed E-state index contributed by atoms with van der Waals surface area (Å²) in [5, 5.41) is 0.651. The quantitative estimate of drug-likeness (QED) is 0.337. The van der Waals surface area contributed by atoms with Gasteiger partial charge in [-0.05, 0) is 41.0 Å². The molecule has 0 radical (unpaired) electrons. The van der Waals surface area contributed by atoms with Crippen LogP contribution in [-0.2, 0) is 29.3 Å². The predicted molar refractivity (Wildman–Crippen MR) is 135 cm³/mol. The third-order valence-corrected chi connectivity index (χ3v) is 5.51. The number of hydrogen-bond acceptors (Lipinski definition) is 6. The average Bonchev–Trinajstić information content (AvgIpc) is 2.84. The summed E-state index contributed by atoms with van der Waals surface area (Å²) in [5.41, 5.74) is 16.9. The fourth-order valence-electron chi connectivity index (χ4n) is 3.60. The summed E-state index contributed by atoms with van der Waals surface area (Å²) < 4.78 is 5.87. The van der Waals surface area contributed by atoms with E-state index < -0.39 is 0 Å². The second-order valence-corrected chi connectivity index (χ2v) is 8.11. The van der Waals surface area contributed by atoms with E-state index in [0.29, 0.717) is 29.4 Å². The van der Waals surface area contributed by atoms with Gasteiger partial charge < -0.3 is 21.1 Å². The van der Waals surface area contributed by atoms with Gasteiger partial charge in [-0.3, -0.25) is 4.79 Å². The van der Waals surface area contributed by atoms with Gasteiger partial charge >= 0.3 is 0 Å². The van der Waals surface area contributed by atoms with Crippen molar-refractivity contribution < 1.29 is 9.53 Å². The molecule has 34 heavy (non-hydrogen) atoms. The number of ether oxygens (including phenoxy) is 1. The van der Waals surface area contributed by atoms with Gasteiger partial charge in [0.25, 0.3) is 0 Å². The van der Waals surface area contributed by atoms with E-state index in [4.69, 9.17) is 27.8 Å². The molecule has 3 aromatic carbocycles. The van der Waals surface area contributed by atoms with Gasteiger partial charge in [-0.2, -0.15) is 4.98 Å². The Balaban J connectivity index is 1.54. The number of nitrogens with two attached hydrogens (primary N) is 2. The van der Waals surface area contributed by atoms with Gasteiger partial charge in [0.2, 0.25) is 12.4 Å². The lowest BCUT2D eigenvalue weighted by Gasteiger charge is -2.19. The van der Waals surface area contributed by atoms with E-state index in [1.165, 1.54) is 0 Å². The van der Waals surface area contributed by atoms with E-state index in [0.717, 1.165) is 28.8 Å². The predicted octanol–water partition coefficient (Wildman–Crippen LogP) is 4.84. The Kier molecular flexibility index (Phi) is 7.37. The van der Waals surface area contributed by atoms with Gasteiger partial charge in [0.05, 0.1) is 25.5 Å². The van der Waals surface area contributed by atoms with Crippen molar-refractivity contribution in [2.24, 2.45) is 0 Å². The maximum absolute atomic E-state index is 11.7. The molecule has 0 aliphatic rings. The topological polar surface area (TPSA) is 107 Å². The second-order valence-electron chi connectivity index (χ2n) is 7.67. The van der Waals surface area contributed by atoms with Crippen molar-refractivity contribution >= 4 is 35.5 Å². The molecule has 0 aliphatic carbocycles. The van der Waals surface area contributed by atoms with Crippen LogP contribution in [0.5, 0.6) is 0 Å². The minimum absolute atomic E-state index is 0.0891. The lowest BCUT2D eigenvalue weighted by Crippen LogP contribution is -2.20. The summed E-state index contributed by atoms with van der Waals surface area (Å²) in [6, 6.07) is 24.7. The van der Waals surface area contributed by atoms with E-state index in [-0.39, 0.29) is 18.4 Å². The Morgan fingerprint density at radius 1 is 0.853 bits per heavy atom. The zero-order valence-electron chi connectivity index (χ0n) is 18.4. The average molecular weight is 474 g/mol. The van der Waals surface area contributed by atoms with E-state index in [2.05, 4.69) is 9.97 Å². The molecule has 0 unspecified atom stereocenters. The minimum Gasteiger partial charge on any atom is -0.383 e. The first-order valence-electron chi connectivity index (χ1n) is 10.6. The monoisotopic (exact) mass is 473 g/mol. The number of benzene rings is 3. The third kappa shape index (κ3) is 5.70. The van der Waals surface area contributed by atoms with E-state index in [1.54, 1.807) is 17.0 Å². The molecule has 1 aromatic heterocycles. The van der Waals surface area contributed by atoms with Crippen LogP contribution < -0.4 is 16.4 Å². The number of carbonyl (C=O) groups excluding carboxylic acids is 1. The first-order valence-corrected chi connectivity index (χ1v) is 11.0. The molecule has 0 aliphatic heterocycles. The van der Waals surface area contributed by atoms with E-state index in [1.807, 2.05) is 66.7 Å². The van der Waals surface area contributed by atoms with Crippen LogP contribution in [0.3, 0.4) is 0 Å². The molecule has 4 N–H and O–H groups in total. The highest BCUT2D eigenvalue weighted by molar-refractivity contribution is 6.30. The van der Waals surface area contributed by atoms with Gasteiger partial charge in [-0.25, -0.2) is 4.98 Å². The van der Waals surface area contributed by atoms with Crippen LogP contribution in [-0.4, -0.2) is 16.4 Å². The van der Waals surface area contributed by atoms with Crippen molar-refractivity contribution in [2.45, 2.75) is 19.8 Å². The molecule has 0 saturated heterocycles. The van der Waals surface area contributed by atoms with Crippen LogP contribution in [0.2, 0.25) is 5.02 Å². The summed E-state index contributed by atoms with van der Waals surface area (Å²) in [6.07, 6.45) is 0.799. The second kappa shape index (κ2) is 10.8. The van der Waals surface area contributed by atoms with Crippen LogP contribution in [0, 0.1) is 0 Å². The van der Waals surface area contributed by atoms with E-state index in [9.17, 15) is 4.79 Å². The molecular formula is C26H24ClN5O2. The maximum atomic E-state index is 11.7. The summed E-state index contributed by atoms with van der Waals surface area (Å²) in [7, 11) is 0. The van der Waals surface area contributed by atoms with Crippen molar-refractivity contribution in [1.82, 2.24) is 9.97 Å². The number of anilines is 3. The number of rotatable bonds is 9. The molecule has 0 fully saturated rings. The van der Waals surface area contributed by atoms with Gasteiger partial charge in [0.1, 0.15) is 5.82 Å². The normalized spacial score (nSPS) is 10.7. The molecule has 7 nitrogen and oxygen atoms in total. The Hall–Kier alpha value is -3.94. The van der Waals surface area contributed by atoms with Crippen molar-refractivity contribution in [2.75, 3.05) is 16.4 Å². The zero-order valence-corrected chi connectivity index (χ0v) is 19.2. The number of hydrogen-bond donors (Lipinski definition) is 2.